The Bertz CT molecular complexity index is 112. The summed E-state index contributed by atoms with van der Waals surface area (Å²) in [5, 5.41) is 0. The Kier molecular flexibility index (Phi) is 6.13. The van der Waals surface area contributed by atoms with Gasteiger partial charge in [-0.1, -0.05) is 33.1 Å². The van der Waals surface area contributed by atoms with Crippen molar-refractivity contribution < 1.29 is 4.79 Å². The van der Waals surface area contributed by atoms with Gasteiger partial charge >= 0.3 is 0 Å². The molecular weight excluding hydrogens is 138 g/mol. The molecule has 2 nitrogen and oxygen atoms in total. The highest BCUT2D eigenvalue weighted by Gasteiger charge is 2.09. The van der Waals surface area contributed by atoms with E-state index in [0.717, 1.165) is 12.8 Å². The van der Waals surface area contributed by atoms with Gasteiger partial charge in [0, 0.05) is 6.42 Å². The van der Waals surface area contributed by atoms with Crippen LogP contribution < -0.4 is 5.73 Å². The predicted molar refractivity (Wildman–Crippen MR) is 47.4 cm³/mol. The van der Waals surface area contributed by atoms with Gasteiger partial charge in [0.2, 0.25) is 0 Å². The summed E-state index contributed by atoms with van der Waals surface area (Å²) in [5.41, 5.74) is 5.62. The Labute approximate surface area is 69.2 Å². The van der Waals surface area contributed by atoms with Gasteiger partial charge in [-0.05, 0) is 6.42 Å². The molecule has 0 radical (unpaired) electrons. The lowest BCUT2D eigenvalue weighted by Gasteiger charge is -2.07. The van der Waals surface area contributed by atoms with Crippen molar-refractivity contribution in [3.63, 3.8) is 0 Å². The molecule has 0 rings (SSSR count). The van der Waals surface area contributed by atoms with Crippen LogP contribution >= 0.6 is 0 Å². The normalized spacial score (nSPS) is 13.0. The lowest BCUT2D eigenvalue weighted by Crippen LogP contribution is -2.29. The van der Waals surface area contributed by atoms with E-state index in [9.17, 15) is 4.79 Å². The maximum Gasteiger partial charge on any atom is 0.149 e. The third kappa shape index (κ3) is 4.96. The average Bonchev–Trinajstić information content (AvgIpc) is 2.03. The quantitative estimate of drug-likeness (QED) is 0.598. The van der Waals surface area contributed by atoms with Crippen molar-refractivity contribution in [2.24, 2.45) is 5.73 Å². The first-order valence-electron chi connectivity index (χ1n) is 4.50. The molecule has 0 fully saturated rings. The number of nitrogens with two attached hydrogens (primary N) is 1. The number of ketones is 1. The van der Waals surface area contributed by atoms with Crippen molar-refractivity contribution in [2.75, 3.05) is 0 Å². The molecule has 2 N–H and O–H groups in total. The van der Waals surface area contributed by atoms with Crippen LogP contribution in [0.25, 0.3) is 0 Å². The van der Waals surface area contributed by atoms with Crippen molar-refractivity contribution >= 4 is 5.78 Å². The summed E-state index contributed by atoms with van der Waals surface area (Å²) >= 11 is 0. The van der Waals surface area contributed by atoms with Crippen LogP contribution in [0.3, 0.4) is 0 Å². The van der Waals surface area contributed by atoms with E-state index in [1.807, 2.05) is 6.92 Å². The first-order valence-corrected chi connectivity index (χ1v) is 4.50. The van der Waals surface area contributed by atoms with Crippen LogP contribution in [0, 0.1) is 0 Å². The van der Waals surface area contributed by atoms with E-state index in [2.05, 4.69) is 6.92 Å². The zero-order chi connectivity index (χ0) is 8.69. The topological polar surface area (TPSA) is 43.1 Å². The van der Waals surface area contributed by atoms with Crippen LogP contribution in [0.4, 0.5) is 0 Å². The second-order valence-corrected chi connectivity index (χ2v) is 2.92. The molecule has 2 heteroatoms. The molecule has 0 heterocycles. The van der Waals surface area contributed by atoms with Gasteiger partial charge in [-0.3, -0.25) is 4.79 Å². The fraction of sp³-hybridized carbons (Fsp3) is 0.889. The van der Waals surface area contributed by atoms with Gasteiger partial charge in [-0.15, -0.1) is 0 Å². The zero-order valence-electron chi connectivity index (χ0n) is 7.60. The summed E-state index contributed by atoms with van der Waals surface area (Å²) in [4.78, 5) is 11.0. The molecule has 0 aromatic rings. The lowest BCUT2D eigenvalue weighted by molar-refractivity contribution is -0.120. The highest BCUT2D eigenvalue weighted by Crippen LogP contribution is 2.03. The molecule has 0 amide bonds. The number of rotatable bonds is 6. The smallest absolute Gasteiger partial charge is 0.149 e. The minimum Gasteiger partial charge on any atom is -0.322 e. The molecule has 0 aromatic carbocycles. The van der Waals surface area contributed by atoms with Crippen LogP contribution in [-0.2, 0) is 4.79 Å². The standard InChI is InChI=1S/C9H19NO/c1-3-5-6-7-8(10)9(11)4-2/h8H,3-7,10H2,1-2H3/t8-/m1/s1. The number of hydrogen-bond acceptors (Lipinski definition) is 2. The molecule has 0 aromatic heterocycles. The largest absolute Gasteiger partial charge is 0.322 e. The summed E-state index contributed by atoms with van der Waals surface area (Å²) in [5.74, 6) is 0.195. The number of hydrogen-bond donors (Lipinski definition) is 1. The molecule has 0 saturated heterocycles. The van der Waals surface area contributed by atoms with Gasteiger partial charge < -0.3 is 5.73 Å². The first kappa shape index (κ1) is 10.6. The number of unbranched alkanes of at least 4 members (excludes halogenated alkanes) is 2. The van der Waals surface area contributed by atoms with Crippen molar-refractivity contribution in [1.29, 1.82) is 0 Å². The molecule has 11 heavy (non-hydrogen) atoms. The van der Waals surface area contributed by atoms with Gasteiger partial charge in [-0.25, -0.2) is 0 Å². The molecule has 0 aliphatic carbocycles. The van der Waals surface area contributed by atoms with E-state index in [1.165, 1.54) is 12.8 Å². The number of carbonyl (C=O) groups is 1. The van der Waals surface area contributed by atoms with Crippen molar-refractivity contribution in [2.45, 2.75) is 52.0 Å². The molecule has 0 spiro atoms. The average molecular weight is 157 g/mol. The van der Waals surface area contributed by atoms with Crippen molar-refractivity contribution in [3.8, 4) is 0 Å². The molecule has 1 atom stereocenters. The maximum absolute atomic E-state index is 11.0. The van der Waals surface area contributed by atoms with Gasteiger partial charge in [0.05, 0.1) is 6.04 Å². The summed E-state index contributed by atoms with van der Waals surface area (Å²) in [6.45, 7) is 4.01. The zero-order valence-corrected chi connectivity index (χ0v) is 7.60. The predicted octanol–water partition coefficient (Wildman–Crippen LogP) is 1.87. The van der Waals surface area contributed by atoms with E-state index >= 15 is 0 Å². The molecule has 0 saturated carbocycles. The monoisotopic (exact) mass is 157 g/mol. The van der Waals surface area contributed by atoms with E-state index in [-0.39, 0.29) is 11.8 Å². The summed E-state index contributed by atoms with van der Waals surface area (Å²) in [7, 11) is 0. The summed E-state index contributed by atoms with van der Waals surface area (Å²) in [6.07, 6.45) is 4.90. The Balaban J connectivity index is 3.36. The Hall–Kier alpha value is -0.370. The lowest BCUT2D eigenvalue weighted by atomic mass is 10.0. The molecule has 66 valence electrons. The third-order valence-electron chi connectivity index (χ3n) is 1.88. The second-order valence-electron chi connectivity index (χ2n) is 2.92. The van der Waals surface area contributed by atoms with Crippen molar-refractivity contribution in [1.82, 2.24) is 0 Å². The van der Waals surface area contributed by atoms with Gasteiger partial charge in [0.1, 0.15) is 5.78 Å². The molecule has 0 aliphatic heterocycles. The highest BCUT2D eigenvalue weighted by molar-refractivity contribution is 5.83. The van der Waals surface area contributed by atoms with Crippen molar-refractivity contribution in [3.05, 3.63) is 0 Å². The summed E-state index contributed by atoms with van der Waals surface area (Å²) < 4.78 is 0. The molecule has 0 aliphatic rings. The maximum atomic E-state index is 11.0. The number of Topliss-reactive ketones (excluding diaryl/α,β-unsaturated/α-hetero) is 1. The van der Waals surface area contributed by atoms with Crippen LogP contribution in [0.1, 0.15) is 46.0 Å². The fourth-order valence-electron chi connectivity index (χ4n) is 1.04. The third-order valence-corrected chi connectivity index (χ3v) is 1.88. The minimum atomic E-state index is -0.202. The Morgan fingerprint density at radius 3 is 2.45 bits per heavy atom. The number of carbonyl (C=O) groups excluding carboxylic acids is 1. The van der Waals surface area contributed by atoms with E-state index in [1.54, 1.807) is 0 Å². The van der Waals surface area contributed by atoms with Gasteiger partial charge in [0.25, 0.3) is 0 Å². The van der Waals surface area contributed by atoms with Crippen LogP contribution in [0.2, 0.25) is 0 Å². The highest BCUT2D eigenvalue weighted by atomic mass is 16.1. The SMILES string of the molecule is CCCCC[C@@H](N)C(=O)CC. The summed E-state index contributed by atoms with van der Waals surface area (Å²) in [6, 6.07) is -0.202. The minimum absolute atomic E-state index is 0.195. The van der Waals surface area contributed by atoms with E-state index < -0.39 is 0 Å². The molecule has 0 unspecified atom stereocenters. The van der Waals surface area contributed by atoms with E-state index in [4.69, 9.17) is 5.73 Å². The Morgan fingerprint density at radius 1 is 1.36 bits per heavy atom. The molecular formula is C9H19NO. The fourth-order valence-corrected chi connectivity index (χ4v) is 1.04. The Morgan fingerprint density at radius 2 is 2.00 bits per heavy atom. The van der Waals surface area contributed by atoms with E-state index in [0.29, 0.717) is 6.42 Å². The first-order chi connectivity index (χ1) is 5.22. The van der Waals surface area contributed by atoms with Gasteiger partial charge in [-0.2, -0.15) is 0 Å². The van der Waals surface area contributed by atoms with Crippen LogP contribution in [-0.4, -0.2) is 11.8 Å². The molecule has 0 bridgehead atoms. The van der Waals surface area contributed by atoms with Gasteiger partial charge in [0.15, 0.2) is 0 Å². The van der Waals surface area contributed by atoms with Crippen LogP contribution in [0.5, 0.6) is 0 Å². The van der Waals surface area contributed by atoms with Crippen LogP contribution in [0.15, 0.2) is 0 Å². The second kappa shape index (κ2) is 6.35.